The molecule has 0 heterocycles. The zero-order valence-electron chi connectivity index (χ0n) is 11.1. The van der Waals surface area contributed by atoms with Crippen LogP contribution in [0.2, 0.25) is 0 Å². The highest BCUT2D eigenvalue weighted by molar-refractivity contribution is 14.1. The zero-order chi connectivity index (χ0) is 15.4. The smallest absolute Gasteiger partial charge is 0.293 e. The van der Waals surface area contributed by atoms with Crippen LogP contribution >= 0.6 is 22.6 Å². The van der Waals surface area contributed by atoms with E-state index in [0.717, 1.165) is 3.57 Å². The number of rotatable bonds is 4. The molecular formula is C14H12IN3O3. The maximum atomic E-state index is 12.3. The molecule has 0 aliphatic heterocycles. The summed E-state index contributed by atoms with van der Waals surface area (Å²) in [6.45, 7) is 0. The van der Waals surface area contributed by atoms with Gasteiger partial charge < -0.3 is 10.6 Å². The molecule has 108 valence electrons. The zero-order valence-corrected chi connectivity index (χ0v) is 13.2. The second-order valence-corrected chi connectivity index (χ2v) is 5.42. The molecule has 0 saturated heterocycles. The Morgan fingerprint density at radius 3 is 2.57 bits per heavy atom. The maximum absolute atomic E-state index is 12.3. The first-order valence-corrected chi connectivity index (χ1v) is 7.13. The SMILES string of the molecule is CNc1c(C(=O)Nc2cccc(I)c2)cccc1[N+](=O)[O-]. The summed E-state index contributed by atoms with van der Waals surface area (Å²) >= 11 is 2.14. The Balaban J connectivity index is 2.35. The minimum absolute atomic E-state index is 0.132. The summed E-state index contributed by atoms with van der Waals surface area (Å²) in [5, 5.41) is 16.4. The topological polar surface area (TPSA) is 84.3 Å². The van der Waals surface area contributed by atoms with E-state index in [0.29, 0.717) is 5.69 Å². The highest BCUT2D eigenvalue weighted by Crippen LogP contribution is 2.28. The van der Waals surface area contributed by atoms with Crippen LogP contribution in [0, 0.1) is 13.7 Å². The third kappa shape index (κ3) is 3.48. The molecule has 0 radical (unpaired) electrons. The van der Waals surface area contributed by atoms with Gasteiger partial charge in [-0.1, -0.05) is 12.1 Å². The molecule has 0 unspecified atom stereocenters. The van der Waals surface area contributed by atoms with Gasteiger partial charge in [-0.05, 0) is 46.9 Å². The standard InChI is InChI=1S/C14H12IN3O3/c1-16-13-11(6-3-7-12(13)18(20)21)14(19)17-10-5-2-4-9(15)8-10/h2-8,16H,1H3,(H,17,19). The van der Waals surface area contributed by atoms with Gasteiger partial charge in [0.2, 0.25) is 0 Å². The Bertz CT molecular complexity index is 704. The molecular weight excluding hydrogens is 385 g/mol. The number of amides is 1. The predicted octanol–water partition coefficient (Wildman–Crippen LogP) is 3.49. The van der Waals surface area contributed by atoms with Crippen LogP contribution in [-0.4, -0.2) is 17.9 Å². The highest BCUT2D eigenvalue weighted by atomic mass is 127. The van der Waals surface area contributed by atoms with Gasteiger partial charge in [-0.15, -0.1) is 0 Å². The number of carbonyl (C=O) groups is 1. The maximum Gasteiger partial charge on any atom is 0.293 e. The van der Waals surface area contributed by atoms with Crippen molar-refractivity contribution in [3.63, 3.8) is 0 Å². The second kappa shape index (κ2) is 6.53. The van der Waals surface area contributed by atoms with Crippen molar-refractivity contribution in [3.05, 3.63) is 61.7 Å². The van der Waals surface area contributed by atoms with Crippen molar-refractivity contribution < 1.29 is 9.72 Å². The summed E-state index contributed by atoms with van der Waals surface area (Å²) in [6, 6.07) is 11.7. The minimum Gasteiger partial charge on any atom is -0.382 e. The molecule has 21 heavy (non-hydrogen) atoms. The molecule has 0 fully saturated rings. The van der Waals surface area contributed by atoms with Gasteiger partial charge in [0.1, 0.15) is 5.69 Å². The van der Waals surface area contributed by atoms with E-state index in [-0.39, 0.29) is 16.9 Å². The molecule has 2 N–H and O–H groups in total. The minimum atomic E-state index is -0.520. The fraction of sp³-hybridized carbons (Fsp3) is 0.0714. The van der Waals surface area contributed by atoms with E-state index in [1.807, 2.05) is 18.2 Å². The van der Waals surface area contributed by atoms with Gasteiger partial charge in [0.15, 0.2) is 0 Å². The Hall–Kier alpha value is -2.16. The van der Waals surface area contributed by atoms with E-state index in [4.69, 9.17) is 0 Å². The van der Waals surface area contributed by atoms with Gasteiger partial charge >= 0.3 is 0 Å². The normalized spacial score (nSPS) is 10.0. The van der Waals surface area contributed by atoms with Crippen LogP contribution in [-0.2, 0) is 0 Å². The lowest BCUT2D eigenvalue weighted by Gasteiger charge is -2.10. The second-order valence-electron chi connectivity index (χ2n) is 4.17. The van der Waals surface area contributed by atoms with Crippen molar-refractivity contribution >= 4 is 45.6 Å². The van der Waals surface area contributed by atoms with Gasteiger partial charge in [-0.2, -0.15) is 0 Å². The Labute approximate surface area is 134 Å². The van der Waals surface area contributed by atoms with Crippen molar-refractivity contribution in [2.75, 3.05) is 17.7 Å². The number of benzene rings is 2. The number of hydrogen-bond acceptors (Lipinski definition) is 4. The van der Waals surface area contributed by atoms with Gasteiger partial charge in [0.05, 0.1) is 10.5 Å². The third-order valence-corrected chi connectivity index (χ3v) is 3.49. The summed E-state index contributed by atoms with van der Waals surface area (Å²) < 4.78 is 0.985. The molecule has 6 nitrogen and oxygen atoms in total. The van der Waals surface area contributed by atoms with E-state index in [1.54, 1.807) is 19.2 Å². The number of nitro benzene ring substituents is 1. The summed E-state index contributed by atoms with van der Waals surface area (Å²) in [6.07, 6.45) is 0. The van der Waals surface area contributed by atoms with E-state index >= 15 is 0 Å². The molecule has 7 heteroatoms. The highest BCUT2D eigenvalue weighted by Gasteiger charge is 2.20. The Kier molecular flexibility index (Phi) is 4.73. The molecule has 2 aromatic carbocycles. The molecule has 0 saturated carbocycles. The molecule has 0 spiro atoms. The first kappa shape index (κ1) is 15.2. The van der Waals surface area contributed by atoms with Crippen LogP contribution in [0.4, 0.5) is 17.1 Å². The number of carbonyl (C=O) groups excluding carboxylic acids is 1. The number of nitrogens with zero attached hydrogens (tertiary/aromatic N) is 1. The molecule has 0 aromatic heterocycles. The first-order chi connectivity index (χ1) is 10.0. The molecule has 0 aliphatic carbocycles. The Morgan fingerprint density at radius 2 is 1.95 bits per heavy atom. The van der Waals surface area contributed by atoms with Gasteiger partial charge in [-0.25, -0.2) is 0 Å². The van der Waals surface area contributed by atoms with Crippen LogP contribution in [0.5, 0.6) is 0 Å². The van der Waals surface area contributed by atoms with Crippen LogP contribution in [0.1, 0.15) is 10.4 Å². The molecule has 0 atom stereocenters. The molecule has 0 bridgehead atoms. The number of nitro groups is 1. The number of anilines is 2. The van der Waals surface area contributed by atoms with Crippen molar-refractivity contribution in [1.82, 2.24) is 0 Å². The average Bonchev–Trinajstić information content (AvgIpc) is 2.46. The molecule has 1 amide bonds. The van der Waals surface area contributed by atoms with E-state index in [9.17, 15) is 14.9 Å². The molecule has 2 rings (SSSR count). The van der Waals surface area contributed by atoms with Crippen LogP contribution in [0.15, 0.2) is 42.5 Å². The Morgan fingerprint density at radius 1 is 1.24 bits per heavy atom. The monoisotopic (exact) mass is 397 g/mol. The van der Waals surface area contributed by atoms with Gasteiger partial charge in [-0.3, -0.25) is 14.9 Å². The quantitative estimate of drug-likeness (QED) is 0.470. The lowest BCUT2D eigenvalue weighted by molar-refractivity contribution is -0.384. The summed E-state index contributed by atoms with van der Waals surface area (Å²) in [4.78, 5) is 22.8. The van der Waals surface area contributed by atoms with Crippen LogP contribution in [0.25, 0.3) is 0 Å². The predicted molar refractivity (Wildman–Crippen MR) is 89.8 cm³/mol. The van der Waals surface area contributed by atoms with Gasteiger partial charge in [0.25, 0.3) is 11.6 Å². The van der Waals surface area contributed by atoms with Crippen molar-refractivity contribution in [1.29, 1.82) is 0 Å². The summed E-state index contributed by atoms with van der Waals surface area (Å²) in [5.41, 5.74) is 0.935. The fourth-order valence-electron chi connectivity index (χ4n) is 1.91. The largest absolute Gasteiger partial charge is 0.382 e. The number of nitrogens with one attached hydrogen (secondary N) is 2. The van der Waals surface area contributed by atoms with Crippen molar-refractivity contribution in [2.24, 2.45) is 0 Å². The molecule has 0 aliphatic rings. The fourth-order valence-corrected chi connectivity index (χ4v) is 2.45. The van der Waals surface area contributed by atoms with E-state index in [1.165, 1.54) is 12.1 Å². The average molecular weight is 397 g/mol. The van der Waals surface area contributed by atoms with Crippen molar-refractivity contribution in [3.8, 4) is 0 Å². The number of para-hydroxylation sites is 1. The van der Waals surface area contributed by atoms with Crippen LogP contribution < -0.4 is 10.6 Å². The summed E-state index contributed by atoms with van der Waals surface area (Å²) in [7, 11) is 1.55. The third-order valence-electron chi connectivity index (χ3n) is 2.82. The van der Waals surface area contributed by atoms with Crippen molar-refractivity contribution in [2.45, 2.75) is 0 Å². The van der Waals surface area contributed by atoms with Crippen LogP contribution in [0.3, 0.4) is 0 Å². The number of hydrogen-bond donors (Lipinski definition) is 2. The lowest BCUT2D eigenvalue weighted by atomic mass is 10.1. The summed E-state index contributed by atoms with van der Waals surface area (Å²) in [5.74, 6) is -0.398. The van der Waals surface area contributed by atoms with E-state index in [2.05, 4.69) is 33.2 Å². The van der Waals surface area contributed by atoms with E-state index < -0.39 is 10.8 Å². The van der Waals surface area contributed by atoms with Gasteiger partial charge in [0, 0.05) is 22.4 Å². The first-order valence-electron chi connectivity index (χ1n) is 6.05. The lowest BCUT2D eigenvalue weighted by Crippen LogP contribution is -2.15. The molecule has 2 aromatic rings. The number of halogens is 1.